The second kappa shape index (κ2) is 9.31. The van der Waals surface area contributed by atoms with Gasteiger partial charge in [0, 0.05) is 50.6 Å². The van der Waals surface area contributed by atoms with Gasteiger partial charge in [-0.05, 0) is 60.8 Å². The number of hydrogen-bond donors (Lipinski definition) is 1. The lowest BCUT2D eigenvalue weighted by molar-refractivity contribution is -0.134. The monoisotopic (exact) mass is 515 g/mol. The number of anilines is 2. The van der Waals surface area contributed by atoms with Gasteiger partial charge in [-0.3, -0.25) is 9.52 Å². The number of amides is 1. The molecule has 1 amide bonds. The van der Waals surface area contributed by atoms with Gasteiger partial charge in [0.2, 0.25) is 5.91 Å². The average molecular weight is 516 g/mol. The van der Waals surface area contributed by atoms with Gasteiger partial charge >= 0.3 is 0 Å². The van der Waals surface area contributed by atoms with Crippen molar-refractivity contribution >= 4 is 49.0 Å². The molecule has 11 heteroatoms. The topological polar surface area (TPSA) is 87.5 Å². The van der Waals surface area contributed by atoms with Crippen molar-refractivity contribution in [3.8, 4) is 0 Å². The molecule has 0 spiro atoms. The van der Waals surface area contributed by atoms with Gasteiger partial charge in [0.05, 0.1) is 10.4 Å². The molecule has 1 fully saturated rings. The molecule has 0 radical (unpaired) electrons. The van der Waals surface area contributed by atoms with Gasteiger partial charge in [-0.2, -0.15) is 0 Å². The molecular weight excluding hydrogens is 489 g/mol. The molecule has 1 unspecified atom stereocenters. The Morgan fingerprint density at radius 3 is 2.71 bits per heavy atom. The van der Waals surface area contributed by atoms with Crippen molar-refractivity contribution in [2.45, 2.75) is 24.4 Å². The molecule has 1 atom stereocenters. The number of piperazine rings is 1. The fourth-order valence-electron chi connectivity index (χ4n) is 4.38. The smallest absolute Gasteiger partial charge is 0.263 e. The summed E-state index contributed by atoms with van der Waals surface area (Å²) in [6.07, 6.45) is 3.35. The van der Waals surface area contributed by atoms with E-state index in [0.717, 1.165) is 11.1 Å². The highest BCUT2D eigenvalue weighted by Crippen LogP contribution is 2.24. The largest absolute Gasteiger partial charge is 0.368 e. The van der Waals surface area contributed by atoms with Crippen LogP contribution in [0, 0.1) is 5.82 Å². The van der Waals surface area contributed by atoms with Crippen molar-refractivity contribution in [2.75, 3.05) is 29.3 Å². The molecule has 2 aromatic heterocycles. The van der Waals surface area contributed by atoms with Gasteiger partial charge in [-0.15, -0.1) is 11.3 Å². The highest BCUT2D eigenvalue weighted by atomic mass is 32.2. The predicted octanol–water partition coefficient (Wildman–Crippen LogP) is 4.02. The third-order valence-electron chi connectivity index (χ3n) is 6.16. The molecule has 0 saturated carbocycles. The molecule has 0 aliphatic carbocycles. The molecule has 35 heavy (non-hydrogen) atoms. The Labute approximate surface area is 208 Å². The second-order valence-electron chi connectivity index (χ2n) is 8.47. The van der Waals surface area contributed by atoms with Crippen molar-refractivity contribution in [3.63, 3.8) is 0 Å². The summed E-state index contributed by atoms with van der Waals surface area (Å²) in [7, 11) is -3.70. The SMILES string of the molecule is CC1CN(c2ccc(S(=O)(=O)Nc3nccs3)cc2)CCN1C(=O)Cn1ccc2ccc(F)cc21.[HH]. The first-order chi connectivity index (χ1) is 16.8. The Balaban J connectivity index is 0.00000304. The van der Waals surface area contributed by atoms with E-state index in [1.165, 1.54) is 29.7 Å². The summed E-state index contributed by atoms with van der Waals surface area (Å²) in [6, 6.07) is 13.1. The number of sulfonamides is 1. The van der Waals surface area contributed by atoms with Gasteiger partial charge < -0.3 is 14.4 Å². The van der Waals surface area contributed by atoms with E-state index >= 15 is 0 Å². The predicted molar refractivity (Wildman–Crippen MR) is 137 cm³/mol. The number of fused-ring (bicyclic) bond motifs is 1. The number of benzene rings is 2. The number of nitrogens with zero attached hydrogens (tertiary/aromatic N) is 4. The number of rotatable bonds is 6. The van der Waals surface area contributed by atoms with Crippen LogP contribution in [0.3, 0.4) is 0 Å². The van der Waals surface area contributed by atoms with E-state index in [0.29, 0.717) is 30.3 Å². The van der Waals surface area contributed by atoms with Crippen LogP contribution in [0.15, 0.2) is 71.2 Å². The number of carbonyl (C=O) groups is 1. The summed E-state index contributed by atoms with van der Waals surface area (Å²) < 4.78 is 43.0. The van der Waals surface area contributed by atoms with Crippen LogP contribution in [-0.2, 0) is 21.4 Å². The van der Waals surface area contributed by atoms with Gasteiger partial charge in [0.15, 0.2) is 5.13 Å². The van der Waals surface area contributed by atoms with E-state index in [9.17, 15) is 17.6 Å². The first kappa shape index (κ1) is 23.3. The zero-order chi connectivity index (χ0) is 24.6. The summed E-state index contributed by atoms with van der Waals surface area (Å²) >= 11 is 1.21. The van der Waals surface area contributed by atoms with E-state index in [4.69, 9.17) is 0 Å². The van der Waals surface area contributed by atoms with E-state index < -0.39 is 10.0 Å². The summed E-state index contributed by atoms with van der Waals surface area (Å²) in [5, 5.41) is 2.92. The number of carbonyl (C=O) groups excluding carboxylic acids is 1. The molecule has 0 bridgehead atoms. The fraction of sp³-hybridized carbons (Fsp3) is 0.250. The van der Waals surface area contributed by atoms with Crippen molar-refractivity contribution in [3.05, 3.63) is 72.1 Å². The van der Waals surface area contributed by atoms with E-state index in [1.807, 2.05) is 24.1 Å². The van der Waals surface area contributed by atoms with Crippen molar-refractivity contribution in [1.29, 1.82) is 0 Å². The van der Waals surface area contributed by atoms with Crippen LogP contribution in [0.4, 0.5) is 15.2 Å². The number of nitrogens with one attached hydrogen (secondary N) is 1. The van der Waals surface area contributed by atoms with Crippen LogP contribution in [0.5, 0.6) is 0 Å². The Hall–Kier alpha value is -3.44. The first-order valence-electron chi connectivity index (χ1n) is 11.1. The van der Waals surface area contributed by atoms with E-state index in [-0.39, 0.29) is 30.6 Å². The van der Waals surface area contributed by atoms with Crippen LogP contribution in [0.2, 0.25) is 0 Å². The van der Waals surface area contributed by atoms with Crippen LogP contribution < -0.4 is 9.62 Å². The normalized spacial score (nSPS) is 16.6. The molecule has 2 aromatic carbocycles. The highest BCUT2D eigenvalue weighted by molar-refractivity contribution is 7.93. The molecular formula is C24H26FN5O3S2. The second-order valence-corrected chi connectivity index (χ2v) is 11.0. The number of hydrogen-bond acceptors (Lipinski definition) is 6. The van der Waals surface area contributed by atoms with Crippen molar-refractivity contribution in [2.24, 2.45) is 0 Å². The quantitative estimate of drug-likeness (QED) is 0.419. The molecule has 5 rings (SSSR count). The number of aromatic nitrogens is 2. The highest BCUT2D eigenvalue weighted by Gasteiger charge is 2.28. The van der Waals surface area contributed by atoms with Crippen LogP contribution in [0.1, 0.15) is 8.35 Å². The minimum Gasteiger partial charge on any atom is -0.368 e. The molecule has 1 aliphatic heterocycles. The maximum Gasteiger partial charge on any atom is 0.263 e. The molecule has 4 aromatic rings. The summed E-state index contributed by atoms with van der Waals surface area (Å²) in [6.45, 7) is 3.93. The maximum absolute atomic E-state index is 13.7. The number of halogens is 1. The Bertz CT molecular complexity index is 1460. The van der Waals surface area contributed by atoms with Crippen LogP contribution >= 0.6 is 11.3 Å². The molecule has 1 saturated heterocycles. The van der Waals surface area contributed by atoms with Crippen molar-refractivity contribution in [1.82, 2.24) is 14.5 Å². The molecule has 1 aliphatic rings. The molecule has 1 N–H and O–H groups in total. The zero-order valence-corrected chi connectivity index (χ0v) is 20.6. The minimum absolute atomic E-state index is 0. The third-order valence-corrected chi connectivity index (χ3v) is 8.33. The molecule has 3 heterocycles. The summed E-state index contributed by atoms with van der Waals surface area (Å²) in [4.78, 5) is 21.2. The zero-order valence-electron chi connectivity index (χ0n) is 19.0. The summed E-state index contributed by atoms with van der Waals surface area (Å²) in [5.41, 5.74) is 1.59. The van der Waals surface area contributed by atoms with Gasteiger partial charge in [-0.25, -0.2) is 17.8 Å². The summed E-state index contributed by atoms with van der Waals surface area (Å²) in [5.74, 6) is -0.349. The van der Waals surface area contributed by atoms with Crippen LogP contribution in [0.25, 0.3) is 10.9 Å². The lowest BCUT2D eigenvalue weighted by Gasteiger charge is -2.41. The Kier molecular flexibility index (Phi) is 6.20. The third kappa shape index (κ3) is 4.87. The van der Waals surface area contributed by atoms with Crippen LogP contribution in [-0.4, -0.2) is 54.5 Å². The molecule has 184 valence electrons. The van der Waals surface area contributed by atoms with E-state index in [1.54, 1.807) is 40.3 Å². The van der Waals surface area contributed by atoms with Gasteiger partial charge in [0.1, 0.15) is 12.4 Å². The van der Waals surface area contributed by atoms with E-state index in [2.05, 4.69) is 14.6 Å². The lowest BCUT2D eigenvalue weighted by Crippen LogP contribution is -2.54. The standard InChI is InChI=1S/C24H24FN5O3S2.H2/c1-17-15-28(20-4-6-21(7-5-20)35(32,33)27-24-26-9-13-34-24)11-12-30(17)23(31)16-29-10-8-18-2-3-19(25)14-22(18)29;/h2-10,13-14,17H,11-12,15-16H2,1H3,(H,26,27);1H. The Morgan fingerprint density at radius 1 is 1.20 bits per heavy atom. The van der Waals surface area contributed by atoms with Crippen molar-refractivity contribution < 1.29 is 19.0 Å². The molecule has 8 nitrogen and oxygen atoms in total. The average Bonchev–Trinajstić information content (AvgIpc) is 3.48. The number of thiazole rings is 1. The lowest BCUT2D eigenvalue weighted by atomic mass is 10.1. The van der Waals surface area contributed by atoms with Gasteiger partial charge in [0.25, 0.3) is 10.0 Å². The fourth-order valence-corrected chi connectivity index (χ4v) is 6.17. The minimum atomic E-state index is -3.70. The first-order valence-corrected chi connectivity index (χ1v) is 13.5. The maximum atomic E-state index is 13.7. The Morgan fingerprint density at radius 2 is 2.00 bits per heavy atom. The van der Waals surface area contributed by atoms with Gasteiger partial charge in [-0.1, -0.05) is 0 Å².